The Bertz CT molecular complexity index is 374. The molecule has 0 aromatic heterocycles. The summed E-state index contributed by atoms with van der Waals surface area (Å²) in [5, 5.41) is 10.8. The van der Waals surface area contributed by atoms with Gasteiger partial charge in [0.1, 0.15) is 12.7 Å². The van der Waals surface area contributed by atoms with Gasteiger partial charge in [0.2, 0.25) is 0 Å². The minimum Gasteiger partial charge on any atom is -0.488 e. The molecule has 0 spiro atoms. The first kappa shape index (κ1) is 13.9. The van der Waals surface area contributed by atoms with Gasteiger partial charge in [-0.2, -0.15) is 0 Å². The predicted molar refractivity (Wildman–Crippen MR) is 73.6 cm³/mol. The van der Waals surface area contributed by atoms with Crippen LogP contribution in [0.2, 0.25) is 10.0 Å². The van der Waals surface area contributed by atoms with Crippen LogP contribution in [0.1, 0.15) is 12.8 Å². The number of ether oxygens (including phenoxy) is 1. The van der Waals surface area contributed by atoms with Gasteiger partial charge in [-0.3, -0.25) is 0 Å². The number of halogens is 2. The molecule has 0 amide bonds. The van der Waals surface area contributed by atoms with E-state index in [1.807, 2.05) is 0 Å². The molecule has 1 aliphatic rings. The van der Waals surface area contributed by atoms with Gasteiger partial charge in [0.05, 0.1) is 10.0 Å². The molecular formula is C13H17Cl2NO2. The molecule has 1 fully saturated rings. The molecule has 2 rings (SSSR count). The topological polar surface area (TPSA) is 32.7 Å². The third kappa shape index (κ3) is 3.75. The number of rotatable bonds is 5. The van der Waals surface area contributed by atoms with Gasteiger partial charge in [0.25, 0.3) is 0 Å². The van der Waals surface area contributed by atoms with Gasteiger partial charge in [-0.05, 0) is 38.1 Å². The zero-order valence-corrected chi connectivity index (χ0v) is 11.6. The highest BCUT2D eigenvalue weighted by Crippen LogP contribution is 2.32. The van der Waals surface area contributed by atoms with Crippen LogP contribution in [0.3, 0.4) is 0 Å². The van der Waals surface area contributed by atoms with E-state index in [-0.39, 0.29) is 6.61 Å². The number of hydrogen-bond donors (Lipinski definition) is 1. The summed E-state index contributed by atoms with van der Waals surface area (Å²) >= 11 is 12.0. The van der Waals surface area contributed by atoms with E-state index in [1.54, 1.807) is 18.2 Å². The van der Waals surface area contributed by atoms with Gasteiger partial charge in [-0.15, -0.1) is 0 Å². The third-order valence-electron chi connectivity index (χ3n) is 3.01. The van der Waals surface area contributed by atoms with E-state index in [9.17, 15) is 5.11 Å². The highest BCUT2D eigenvalue weighted by Gasteiger charge is 2.17. The van der Waals surface area contributed by atoms with Gasteiger partial charge in [-0.25, -0.2) is 0 Å². The van der Waals surface area contributed by atoms with Gasteiger partial charge in [-0.1, -0.05) is 29.3 Å². The first-order chi connectivity index (χ1) is 8.66. The van der Waals surface area contributed by atoms with Crippen molar-refractivity contribution in [1.29, 1.82) is 0 Å². The summed E-state index contributed by atoms with van der Waals surface area (Å²) in [5.74, 6) is 0.446. The van der Waals surface area contributed by atoms with Crippen molar-refractivity contribution in [2.75, 3.05) is 26.2 Å². The molecule has 1 aromatic rings. The summed E-state index contributed by atoms with van der Waals surface area (Å²) in [6.45, 7) is 2.97. The minimum absolute atomic E-state index is 0.208. The van der Waals surface area contributed by atoms with E-state index >= 15 is 0 Å². The van der Waals surface area contributed by atoms with Gasteiger partial charge >= 0.3 is 0 Å². The maximum absolute atomic E-state index is 9.90. The summed E-state index contributed by atoms with van der Waals surface area (Å²) in [5.41, 5.74) is 0. The second-order valence-corrected chi connectivity index (χ2v) is 5.34. The lowest BCUT2D eigenvalue weighted by molar-refractivity contribution is 0.0759. The Hall–Kier alpha value is -0.480. The van der Waals surface area contributed by atoms with Crippen LogP contribution in [-0.2, 0) is 0 Å². The molecule has 18 heavy (non-hydrogen) atoms. The first-order valence-corrected chi connectivity index (χ1v) is 6.89. The monoisotopic (exact) mass is 289 g/mol. The van der Waals surface area contributed by atoms with Crippen molar-refractivity contribution in [1.82, 2.24) is 4.90 Å². The van der Waals surface area contributed by atoms with Crippen molar-refractivity contribution < 1.29 is 9.84 Å². The zero-order chi connectivity index (χ0) is 13.0. The SMILES string of the molecule is O[C@H](COc1c(Cl)cccc1Cl)CN1CCCC1. The smallest absolute Gasteiger partial charge is 0.156 e. The summed E-state index contributed by atoms with van der Waals surface area (Å²) in [6.07, 6.45) is 1.91. The highest BCUT2D eigenvalue weighted by molar-refractivity contribution is 6.37. The third-order valence-corrected chi connectivity index (χ3v) is 3.60. The second kappa shape index (κ2) is 6.62. The van der Waals surface area contributed by atoms with Crippen molar-refractivity contribution in [3.63, 3.8) is 0 Å². The Labute approximate surface area is 117 Å². The maximum Gasteiger partial charge on any atom is 0.156 e. The number of benzene rings is 1. The van der Waals surface area contributed by atoms with Crippen LogP contribution in [0.5, 0.6) is 5.75 Å². The fourth-order valence-corrected chi connectivity index (χ4v) is 2.62. The van der Waals surface area contributed by atoms with Crippen molar-refractivity contribution in [3.8, 4) is 5.75 Å². The van der Waals surface area contributed by atoms with E-state index in [4.69, 9.17) is 27.9 Å². The van der Waals surface area contributed by atoms with E-state index in [1.165, 1.54) is 12.8 Å². The van der Waals surface area contributed by atoms with Crippen LogP contribution >= 0.6 is 23.2 Å². The number of aliphatic hydroxyl groups excluding tert-OH is 1. The first-order valence-electron chi connectivity index (χ1n) is 6.14. The molecule has 1 heterocycles. The number of para-hydroxylation sites is 1. The lowest BCUT2D eigenvalue weighted by Gasteiger charge is -2.20. The summed E-state index contributed by atoms with van der Waals surface area (Å²) < 4.78 is 5.50. The van der Waals surface area contributed by atoms with Crippen LogP contribution in [-0.4, -0.2) is 42.4 Å². The number of likely N-dealkylation sites (tertiary alicyclic amines) is 1. The molecule has 1 aliphatic heterocycles. The van der Waals surface area contributed by atoms with E-state index in [0.29, 0.717) is 22.3 Å². The molecule has 1 atom stereocenters. The lowest BCUT2D eigenvalue weighted by Crippen LogP contribution is -2.33. The average molecular weight is 290 g/mol. The Morgan fingerprint density at radius 2 is 1.83 bits per heavy atom. The largest absolute Gasteiger partial charge is 0.488 e. The van der Waals surface area contributed by atoms with Crippen molar-refractivity contribution >= 4 is 23.2 Å². The van der Waals surface area contributed by atoms with Crippen LogP contribution in [0.15, 0.2) is 18.2 Å². The average Bonchev–Trinajstić information content (AvgIpc) is 2.81. The highest BCUT2D eigenvalue weighted by atomic mass is 35.5. The number of aliphatic hydroxyl groups is 1. The standard InChI is InChI=1S/C13H17Cl2NO2/c14-11-4-3-5-12(15)13(11)18-9-10(17)8-16-6-1-2-7-16/h3-5,10,17H,1-2,6-9H2/t10-/m0/s1. The molecule has 5 heteroatoms. The molecule has 1 saturated heterocycles. The number of hydrogen-bond acceptors (Lipinski definition) is 3. The normalized spacial score (nSPS) is 17.9. The number of nitrogens with zero attached hydrogens (tertiary/aromatic N) is 1. The van der Waals surface area contributed by atoms with Crippen molar-refractivity contribution in [2.24, 2.45) is 0 Å². The van der Waals surface area contributed by atoms with Crippen LogP contribution in [0.4, 0.5) is 0 Å². The molecule has 1 N–H and O–H groups in total. The quantitative estimate of drug-likeness (QED) is 0.905. The van der Waals surface area contributed by atoms with Crippen LogP contribution in [0.25, 0.3) is 0 Å². The van der Waals surface area contributed by atoms with Crippen LogP contribution < -0.4 is 4.74 Å². The Morgan fingerprint density at radius 3 is 2.44 bits per heavy atom. The fraction of sp³-hybridized carbons (Fsp3) is 0.538. The molecule has 3 nitrogen and oxygen atoms in total. The number of β-amino-alcohol motifs (C(OH)–C–C–N with tert-alkyl or cyclic N) is 1. The lowest BCUT2D eigenvalue weighted by atomic mass is 10.3. The molecule has 0 radical (unpaired) electrons. The summed E-state index contributed by atoms with van der Waals surface area (Å²) in [7, 11) is 0. The maximum atomic E-state index is 9.90. The molecule has 0 bridgehead atoms. The van der Waals surface area contributed by atoms with Gasteiger partial charge in [0.15, 0.2) is 5.75 Å². The molecule has 100 valence electrons. The Morgan fingerprint density at radius 1 is 1.22 bits per heavy atom. The van der Waals surface area contributed by atoms with E-state index in [0.717, 1.165) is 13.1 Å². The van der Waals surface area contributed by atoms with E-state index < -0.39 is 6.10 Å². The molecular weight excluding hydrogens is 273 g/mol. The summed E-state index contributed by atoms with van der Waals surface area (Å²) in [6, 6.07) is 5.20. The van der Waals surface area contributed by atoms with Crippen molar-refractivity contribution in [3.05, 3.63) is 28.2 Å². The summed E-state index contributed by atoms with van der Waals surface area (Å²) in [4.78, 5) is 2.24. The zero-order valence-electron chi connectivity index (χ0n) is 10.1. The molecule has 0 unspecified atom stereocenters. The van der Waals surface area contributed by atoms with Gasteiger partial charge in [0, 0.05) is 6.54 Å². The predicted octanol–water partition coefficient (Wildman–Crippen LogP) is 2.83. The molecule has 0 saturated carbocycles. The van der Waals surface area contributed by atoms with E-state index in [2.05, 4.69) is 4.90 Å². The molecule has 1 aromatic carbocycles. The van der Waals surface area contributed by atoms with Crippen molar-refractivity contribution in [2.45, 2.75) is 18.9 Å². The Balaban J connectivity index is 1.83. The van der Waals surface area contributed by atoms with Gasteiger partial charge < -0.3 is 14.7 Å². The minimum atomic E-state index is -0.518. The molecule has 0 aliphatic carbocycles. The second-order valence-electron chi connectivity index (χ2n) is 4.52. The van der Waals surface area contributed by atoms with Crippen LogP contribution in [0, 0.1) is 0 Å². The fourth-order valence-electron chi connectivity index (χ4n) is 2.12. The Kier molecular flexibility index (Phi) is 5.13.